The van der Waals surface area contributed by atoms with Crippen LogP contribution in [0.1, 0.15) is 5.56 Å². The highest BCUT2D eigenvalue weighted by Gasteiger charge is 2.13. The number of aromatic nitrogens is 1. The summed E-state index contributed by atoms with van der Waals surface area (Å²) in [5.41, 5.74) is 2.33. The number of anilines is 1. The zero-order valence-electron chi connectivity index (χ0n) is 15.4. The average molecular weight is 394 g/mol. The van der Waals surface area contributed by atoms with E-state index in [1.807, 2.05) is 41.8 Å². The van der Waals surface area contributed by atoms with Crippen LogP contribution in [0.4, 0.5) is 5.13 Å². The van der Waals surface area contributed by atoms with Gasteiger partial charge >= 0.3 is 0 Å². The number of ether oxygens (including phenoxy) is 2. The van der Waals surface area contributed by atoms with Crippen LogP contribution in [-0.4, -0.2) is 25.1 Å². The molecule has 7 heteroatoms. The third-order valence-corrected chi connectivity index (χ3v) is 5.00. The van der Waals surface area contributed by atoms with Gasteiger partial charge in [-0.2, -0.15) is 0 Å². The summed E-state index contributed by atoms with van der Waals surface area (Å²) in [5.74, 6) is 1.74. The van der Waals surface area contributed by atoms with E-state index in [9.17, 15) is 4.79 Å². The van der Waals surface area contributed by atoms with Crippen molar-refractivity contribution in [2.45, 2.75) is 6.42 Å². The molecular formula is C21H18N2O4S. The summed E-state index contributed by atoms with van der Waals surface area (Å²) in [7, 11) is 3.14. The summed E-state index contributed by atoms with van der Waals surface area (Å²) >= 11 is 1.36. The lowest BCUT2D eigenvalue weighted by atomic mass is 10.1. The molecule has 0 aliphatic heterocycles. The molecule has 0 fully saturated rings. The third-order valence-electron chi connectivity index (χ3n) is 4.24. The lowest BCUT2D eigenvalue weighted by molar-refractivity contribution is -0.115. The first-order chi connectivity index (χ1) is 13.7. The molecule has 0 saturated heterocycles. The summed E-state index contributed by atoms with van der Waals surface area (Å²) in [5, 5.41) is 6.25. The van der Waals surface area contributed by atoms with Crippen molar-refractivity contribution in [1.29, 1.82) is 0 Å². The zero-order valence-corrected chi connectivity index (χ0v) is 16.2. The van der Waals surface area contributed by atoms with Crippen LogP contribution in [0.25, 0.3) is 22.4 Å². The van der Waals surface area contributed by atoms with Gasteiger partial charge in [0.15, 0.2) is 22.4 Å². The molecule has 0 atom stereocenters. The molecule has 1 amide bonds. The highest BCUT2D eigenvalue weighted by atomic mass is 32.1. The maximum atomic E-state index is 12.4. The molecule has 0 aliphatic carbocycles. The van der Waals surface area contributed by atoms with Gasteiger partial charge in [0.2, 0.25) is 5.91 Å². The molecular weight excluding hydrogens is 376 g/mol. The van der Waals surface area contributed by atoms with E-state index >= 15 is 0 Å². The molecule has 2 heterocycles. The minimum atomic E-state index is -0.155. The summed E-state index contributed by atoms with van der Waals surface area (Å²) in [6, 6.07) is 15.1. The van der Waals surface area contributed by atoms with E-state index in [1.165, 1.54) is 11.3 Å². The molecule has 1 N–H and O–H groups in total. The van der Waals surface area contributed by atoms with Crippen molar-refractivity contribution >= 4 is 33.3 Å². The van der Waals surface area contributed by atoms with Gasteiger partial charge in [-0.25, -0.2) is 4.98 Å². The largest absolute Gasteiger partial charge is 0.493 e. The number of benzene rings is 2. The second kappa shape index (κ2) is 7.74. The monoisotopic (exact) mass is 394 g/mol. The number of furan rings is 1. The molecule has 2 aromatic heterocycles. The minimum absolute atomic E-state index is 0.155. The molecule has 142 valence electrons. The number of methoxy groups -OCH3 is 2. The van der Waals surface area contributed by atoms with Crippen LogP contribution in [-0.2, 0) is 11.2 Å². The van der Waals surface area contributed by atoms with E-state index in [0.717, 1.165) is 16.5 Å². The van der Waals surface area contributed by atoms with Gasteiger partial charge in [-0.15, -0.1) is 11.3 Å². The molecule has 0 saturated carbocycles. The number of hydrogen-bond donors (Lipinski definition) is 1. The van der Waals surface area contributed by atoms with Gasteiger partial charge in [0.25, 0.3) is 0 Å². The Hall–Kier alpha value is -3.32. The lowest BCUT2D eigenvalue weighted by Crippen LogP contribution is -2.14. The molecule has 4 rings (SSSR count). The van der Waals surface area contributed by atoms with E-state index in [1.54, 1.807) is 26.4 Å². The Morgan fingerprint density at radius 2 is 1.93 bits per heavy atom. The standard InChI is InChI=1S/C21H18N2O4S/c1-25-17-8-7-13(9-19(17)26-2)10-20(24)23-21-22-15(12-28-21)18-11-14-5-3-4-6-16(14)27-18/h3-9,11-12H,10H2,1-2H3,(H,22,23,24). The third kappa shape index (κ3) is 3.70. The van der Waals surface area contributed by atoms with Crippen LogP contribution in [0.5, 0.6) is 11.5 Å². The first-order valence-corrected chi connectivity index (χ1v) is 9.49. The minimum Gasteiger partial charge on any atom is -0.493 e. The van der Waals surface area contributed by atoms with Crippen molar-refractivity contribution in [3.8, 4) is 23.0 Å². The Morgan fingerprint density at radius 3 is 2.71 bits per heavy atom. The van der Waals surface area contributed by atoms with Gasteiger partial charge in [-0.05, 0) is 29.8 Å². The van der Waals surface area contributed by atoms with Crippen LogP contribution >= 0.6 is 11.3 Å². The van der Waals surface area contributed by atoms with Gasteiger partial charge in [0.05, 0.1) is 20.6 Å². The Balaban J connectivity index is 1.45. The molecule has 0 unspecified atom stereocenters. The second-order valence-corrected chi connectivity index (χ2v) is 6.96. The van der Waals surface area contributed by atoms with Crippen LogP contribution in [0.3, 0.4) is 0 Å². The van der Waals surface area contributed by atoms with Gasteiger partial charge < -0.3 is 19.2 Å². The maximum Gasteiger partial charge on any atom is 0.230 e. The van der Waals surface area contributed by atoms with Crippen LogP contribution in [0.2, 0.25) is 0 Å². The highest BCUT2D eigenvalue weighted by molar-refractivity contribution is 7.14. The summed E-state index contributed by atoms with van der Waals surface area (Å²) in [6.07, 6.45) is 0.208. The van der Waals surface area contributed by atoms with E-state index in [2.05, 4.69) is 10.3 Å². The second-order valence-electron chi connectivity index (χ2n) is 6.10. The van der Waals surface area contributed by atoms with Crippen molar-refractivity contribution in [3.63, 3.8) is 0 Å². The van der Waals surface area contributed by atoms with Crippen molar-refractivity contribution < 1.29 is 18.7 Å². The van der Waals surface area contributed by atoms with Crippen molar-refractivity contribution in [1.82, 2.24) is 4.98 Å². The molecule has 28 heavy (non-hydrogen) atoms. The van der Waals surface area contributed by atoms with E-state index < -0.39 is 0 Å². The topological polar surface area (TPSA) is 73.6 Å². The molecule has 0 aliphatic rings. The number of para-hydroxylation sites is 1. The number of nitrogens with zero attached hydrogens (tertiary/aromatic N) is 1. The van der Waals surface area contributed by atoms with E-state index in [-0.39, 0.29) is 12.3 Å². The number of carbonyl (C=O) groups is 1. The molecule has 0 bridgehead atoms. The first-order valence-electron chi connectivity index (χ1n) is 8.61. The zero-order chi connectivity index (χ0) is 19.5. The van der Waals surface area contributed by atoms with Crippen LogP contribution < -0.4 is 14.8 Å². The van der Waals surface area contributed by atoms with Gasteiger partial charge in [-0.1, -0.05) is 24.3 Å². The SMILES string of the molecule is COc1ccc(CC(=O)Nc2nc(-c3cc4ccccc4o3)cs2)cc1OC. The Bertz CT molecular complexity index is 1100. The van der Waals surface area contributed by atoms with Gasteiger partial charge in [0.1, 0.15) is 11.3 Å². The van der Waals surface area contributed by atoms with Crippen molar-refractivity contribution in [3.05, 3.63) is 59.5 Å². The Kier molecular flexibility index (Phi) is 4.99. The molecule has 0 spiro atoms. The Labute approximate surface area is 165 Å². The number of thiazole rings is 1. The van der Waals surface area contributed by atoms with Crippen molar-refractivity contribution in [2.24, 2.45) is 0 Å². The highest BCUT2D eigenvalue weighted by Crippen LogP contribution is 2.31. The lowest BCUT2D eigenvalue weighted by Gasteiger charge is -2.09. The molecule has 6 nitrogen and oxygen atoms in total. The number of hydrogen-bond acceptors (Lipinski definition) is 6. The molecule has 2 aromatic carbocycles. The van der Waals surface area contributed by atoms with E-state index in [0.29, 0.717) is 28.1 Å². The predicted molar refractivity (Wildman–Crippen MR) is 109 cm³/mol. The summed E-state index contributed by atoms with van der Waals surface area (Å²) < 4.78 is 16.3. The quantitative estimate of drug-likeness (QED) is 0.511. The van der Waals surface area contributed by atoms with Crippen molar-refractivity contribution in [2.75, 3.05) is 19.5 Å². The fraction of sp³-hybridized carbons (Fsp3) is 0.143. The maximum absolute atomic E-state index is 12.4. The average Bonchev–Trinajstić information content (AvgIpc) is 3.34. The summed E-state index contributed by atoms with van der Waals surface area (Å²) in [4.78, 5) is 16.8. The molecule has 4 aromatic rings. The fourth-order valence-corrected chi connectivity index (χ4v) is 3.61. The predicted octanol–water partition coefficient (Wildman–Crippen LogP) is 4.75. The number of rotatable bonds is 6. The number of nitrogens with one attached hydrogen (secondary N) is 1. The number of carbonyl (C=O) groups excluding carboxylic acids is 1. The molecule has 0 radical (unpaired) electrons. The first kappa shape index (κ1) is 18.1. The number of fused-ring (bicyclic) bond motifs is 1. The van der Waals surface area contributed by atoms with Gasteiger partial charge in [-0.3, -0.25) is 4.79 Å². The van der Waals surface area contributed by atoms with Gasteiger partial charge in [0, 0.05) is 10.8 Å². The number of amides is 1. The smallest absolute Gasteiger partial charge is 0.230 e. The van der Waals surface area contributed by atoms with Crippen LogP contribution in [0.15, 0.2) is 58.3 Å². The normalized spacial score (nSPS) is 10.8. The van der Waals surface area contributed by atoms with E-state index in [4.69, 9.17) is 13.9 Å². The Morgan fingerprint density at radius 1 is 1.11 bits per heavy atom. The fourth-order valence-electron chi connectivity index (χ4n) is 2.89. The summed E-state index contributed by atoms with van der Waals surface area (Å²) in [6.45, 7) is 0. The van der Waals surface area contributed by atoms with Crippen LogP contribution in [0, 0.1) is 0 Å².